The van der Waals surface area contributed by atoms with E-state index in [1.165, 1.54) is 27.8 Å². The second-order valence-corrected chi connectivity index (χ2v) is 8.29. The molecule has 0 nitrogen and oxygen atoms in total. The van der Waals surface area contributed by atoms with E-state index in [0.717, 1.165) is 17.6 Å². The molecule has 124 valence electrons. The first-order chi connectivity index (χ1) is 11.1. The van der Waals surface area contributed by atoms with E-state index < -0.39 is 0 Å². The zero-order valence-electron chi connectivity index (χ0n) is 15.7. The third kappa shape index (κ3) is 2.55. The molecule has 24 heavy (non-hydrogen) atoms. The molecule has 0 heteroatoms. The van der Waals surface area contributed by atoms with Crippen molar-refractivity contribution < 1.29 is 0 Å². The Morgan fingerprint density at radius 2 is 1.46 bits per heavy atom. The van der Waals surface area contributed by atoms with Crippen LogP contribution in [-0.4, -0.2) is 0 Å². The molecule has 0 N–H and O–H groups in total. The van der Waals surface area contributed by atoms with E-state index in [0.29, 0.717) is 0 Å². The van der Waals surface area contributed by atoms with Crippen molar-refractivity contribution in [2.75, 3.05) is 0 Å². The molecule has 1 unspecified atom stereocenters. The van der Waals surface area contributed by atoms with Gasteiger partial charge in [0.25, 0.3) is 0 Å². The highest BCUT2D eigenvalue weighted by atomic mass is 14.5. The van der Waals surface area contributed by atoms with Crippen molar-refractivity contribution >= 4 is 11.1 Å². The van der Waals surface area contributed by atoms with E-state index in [1.807, 2.05) is 0 Å². The molecule has 3 rings (SSSR count). The monoisotopic (exact) mass is 316 g/mol. The fourth-order valence-electron chi connectivity index (χ4n) is 4.31. The SMILES string of the molecule is C=C(C)c1cccc(C2(C)CC(C)(C)c3cc(C(=C)C)ccc32)c1. The van der Waals surface area contributed by atoms with Crippen LogP contribution in [0.2, 0.25) is 0 Å². The summed E-state index contributed by atoms with van der Waals surface area (Å²) in [6.45, 7) is 19.5. The maximum atomic E-state index is 4.11. The van der Waals surface area contributed by atoms with Crippen molar-refractivity contribution in [2.45, 2.75) is 51.9 Å². The molecule has 0 amide bonds. The first kappa shape index (κ1) is 16.8. The standard InChI is InChI=1S/C24H28/c1-16(2)18-9-8-10-20(13-18)24(7)15-23(5,6)22-14-19(17(3)4)11-12-21(22)24/h8-14H,1,3,15H2,2,4-7H3. The number of rotatable bonds is 3. The largest absolute Gasteiger partial charge is 0.0955 e. The second kappa shape index (κ2) is 5.48. The molecule has 0 saturated heterocycles. The van der Waals surface area contributed by atoms with Crippen LogP contribution < -0.4 is 0 Å². The van der Waals surface area contributed by atoms with Gasteiger partial charge in [-0.2, -0.15) is 0 Å². The third-order valence-corrected chi connectivity index (χ3v) is 5.62. The van der Waals surface area contributed by atoms with Gasteiger partial charge in [-0.05, 0) is 53.5 Å². The molecule has 0 saturated carbocycles. The fraction of sp³-hybridized carbons (Fsp3) is 0.333. The average Bonchev–Trinajstić information content (AvgIpc) is 2.74. The lowest BCUT2D eigenvalue weighted by Gasteiger charge is -2.29. The van der Waals surface area contributed by atoms with Crippen molar-refractivity contribution in [3.63, 3.8) is 0 Å². The minimum Gasteiger partial charge on any atom is -0.0955 e. The summed E-state index contributed by atoms with van der Waals surface area (Å²) in [7, 11) is 0. The Balaban J connectivity index is 2.19. The Kier molecular flexibility index (Phi) is 3.83. The highest BCUT2D eigenvalue weighted by molar-refractivity contribution is 5.66. The van der Waals surface area contributed by atoms with Gasteiger partial charge in [0.1, 0.15) is 0 Å². The molecule has 2 aromatic rings. The molecule has 2 aromatic carbocycles. The van der Waals surface area contributed by atoms with Crippen LogP contribution in [0.5, 0.6) is 0 Å². The highest BCUT2D eigenvalue weighted by Gasteiger charge is 2.45. The van der Waals surface area contributed by atoms with Crippen molar-refractivity contribution in [3.05, 3.63) is 83.4 Å². The zero-order chi connectivity index (χ0) is 17.7. The Morgan fingerprint density at radius 1 is 0.833 bits per heavy atom. The molecule has 1 atom stereocenters. The van der Waals surface area contributed by atoms with Crippen molar-refractivity contribution in [3.8, 4) is 0 Å². The molecule has 1 aliphatic rings. The van der Waals surface area contributed by atoms with E-state index in [9.17, 15) is 0 Å². The topological polar surface area (TPSA) is 0 Å². The second-order valence-electron chi connectivity index (χ2n) is 8.29. The van der Waals surface area contributed by atoms with Crippen LogP contribution in [0.15, 0.2) is 55.6 Å². The number of hydrogen-bond acceptors (Lipinski definition) is 0. The maximum Gasteiger partial charge on any atom is 0.0186 e. The summed E-state index contributed by atoms with van der Waals surface area (Å²) < 4.78 is 0. The van der Waals surface area contributed by atoms with Crippen molar-refractivity contribution in [2.24, 2.45) is 0 Å². The van der Waals surface area contributed by atoms with Gasteiger partial charge in [-0.3, -0.25) is 0 Å². The molecule has 0 radical (unpaired) electrons. The highest BCUT2D eigenvalue weighted by Crippen LogP contribution is 2.53. The molecule has 0 bridgehead atoms. The smallest absolute Gasteiger partial charge is 0.0186 e. The summed E-state index contributed by atoms with van der Waals surface area (Å²) in [4.78, 5) is 0. The minimum atomic E-state index is 0.0396. The van der Waals surface area contributed by atoms with E-state index in [-0.39, 0.29) is 10.8 Å². The molecule has 1 aliphatic carbocycles. The first-order valence-corrected chi connectivity index (χ1v) is 8.72. The van der Waals surface area contributed by atoms with Crippen molar-refractivity contribution in [1.29, 1.82) is 0 Å². The first-order valence-electron chi connectivity index (χ1n) is 8.72. The normalized spacial score (nSPS) is 21.4. The third-order valence-electron chi connectivity index (χ3n) is 5.62. The molecule has 0 spiro atoms. The number of hydrogen-bond donors (Lipinski definition) is 0. The van der Waals surface area contributed by atoms with Gasteiger partial charge in [0.2, 0.25) is 0 Å². The lowest BCUT2D eigenvalue weighted by molar-refractivity contribution is 0.425. The van der Waals surface area contributed by atoms with Crippen LogP contribution in [0, 0.1) is 0 Å². The van der Waals surface area contributed by atoms with Gasteiger partial charge < -0.3 is 0 Å². The Bertz CT molecular complexity index is 835. The molecule has 0 heterocycles. The quantitative estimate of drug-likeness (QED) is 0.588. The van der Waals surface area contributed by atoms with Gasteiger partial charge >= 0.3 is 0 Å². The Hall–Kier alpha value is -2.08. The molecule has 0 aromatic heterocycles. The van der Waals surface area contributed by atoms with Gasteiger partial charge in [-0.15, -0.1) is 0 Å². The van der Waals surface area contributed by atoms with Gasteiger partial charge in [0.15, 0.2) is 0 Å². The van der Waals surface area contributed by atoms with Gasteiger partial charge in [-0.25, -0.2) is 0 Å². The van der Waals surface area contributed by atoms with E-state index in [4.69, 9.17) is 0 Å². The van der Waals surface area contributed by atoms with Crippen LogP contribution in [0.1, 0.15) is 68.9 Å². The van der Waals surface area contributed by atoms with Crippen LogP contribution >= 0.6 is 0 Å². The molecule has 0 fully saturated rings. The summed E-state index contributed by atoms with van der Waals surface area (Å²) in [5.74, 6) is 0. The minimum absolute atomic E-state index is 0.0396. The lowest BCUT2D eigenvalue weighted by atomic mass is 9.74. The van der Waals surface area contributed by atoms with Gasteiger partial charge in [0, 0.05) is 5.41 Å². The molecular weight excluding hydrogens is 288 g/mol. The predicted molar refractivity (Wildman–Crippen MR) is 106 cm³/mol. The van der Waals surface area contributed by atoms with Gasteiger partial charge in [0.05, 0.1) is 0 Å². The predicted octanol–water partition coefficient (Wildman–Crippen LogP) is 6.74. The summed E-state index contributed by atoms with van der Waals surface area (Å²) in [6, 6.07) is 15.8. The van der Waals surface area contributed by atoms with Crippen LogP contribution in [0.25, 0.3) is 11.1 Å². The number of benzene rings is 2. The summed E-state index contributed by atoms with van der Waals surface area (Å²) >= 11 is 0. The molecular formula is C24H28. The van der Waals surface area contributed by atoms with Crippen molar-refractivity contribution in [1.82, 2.24) is 0 Å². The number of fused-ring (bicyclic) bond motifs is 1. The van der Waals surface area contributed by atoms with Crippen LogP contribution in [-0.2, 0) is 10.8 Å². The Morgan fingerprint density at radius 3 is 2.08 bits per heavy atom. The van der Waals surface area contributed by atoms with Crippen LogP contribution in [0.4, 0.5) is 0 Å². The molecule has 0 aliphatic heterocycles. The van der Waals surface area contributed by atoms with E-state index >= 15 is 0 Å². The summed E-state index contributed by atoms with van der Waals surface area (Å²) in [5, 5.41) is 0. The maximum absolute atomic E-state index is 4.11. The van der Waals surface area contributed by atoms with Crippen LogP contribution in [0.3, 0.4) is 0 Å². The number of allylic oxidation sites excluding steroid dienone is 2. The van der Waals surface area contributed by atoms with E-state index in [2.05, 4.69) is 90.2 Å². The fourth-order valence-corrected chi connectivity index (χ4v) is 4.31. The summed E-state index contributed by atoms with van der Waals surface area (Å²) in [5.41, 5.74) is 9.25. The van der Waals surface area contributed by atoms with Gasteiger partial charge in [-0.1, -0.05) is 87.5 Å². The average molecular weight is 316 g/mol. The van der Waals surface area contributed by atoms with E-state index in [1.54, 1.807) is 0 Å². The Labute approximate surface area is 146 Å². The lowest BCUT2D eigenvalue weighted by Crippen LogP contribution is -2.23. The summed E-state index contributed by atoms with van der Waals surface area (Å²) in [6.07, 6.45) is 1.12. The zero-order valence-corrected chi connectivity index (χ0v) is 15.7.